The van der Waals surface area contributed by atoms with Crippen LogP contribution in [0, 0.1) is 5.82 Å². The highest BCUT2D eigenvalue weighted by molar-refractivity contribution is 5.54. The summed E-state index contributed by atoms with van der Waals surface area (Å²) in [4.78, 5) is 0. The molecular formula is C9H11FN2O. The predicted octanol–water partition coefficient (Wildman–Crippen LogP) is 0.905. The molecule has 0 saturated carbocycles. The van der Waals surface area contributed by atoms with Crippen molar-refractivity contribution in [1.29, 1.82) is 0 Å². The fourth-order valence-corrected chi connectivity index (χ4v) is 1.64. The van der Waals surface area contributed by atoms with E-state index < -0.39 is 0 Å². The molecule has 3 nitrogen and oxygen atoms in total. The lowest BCUT2D eigenvalue weighted by Crippen LogP contribution is -2.41. The Hall–Kier alpha value is -1.13. The minimum Gasteiger partial charge on any atom is -0.326 e. The van der Waals surface area contributed by atoms with Gasteiger partial charge >= 0.3 is 0 Å². The Morgan fingerprint density at radius 1 is 1.54 bits per heavy atom. The second-order valence-electron chi connectivity index (χ2n) is 3.32. The third-order valence-corrected chi connectivity index (χ3v) is 2.21. The molecule has 0 aliphatic carbocycles. The predicted molar refractivity (Wildman–Crippen MR) is 47.2 cm³/mol. The summed E-state index contributed by atoms with van der Waals surface area (Å²) >= 11 is 0. The van der Waals surface area contributed by atoms with Crippen LogP contribution in [-0.4, -0.2) is 17.8 Å². The van der Waals surface area contributed by atoms with Crippen LogP contribution in [0.5, 0.6) is 0 Å². The van der Waals surface area contributed by atoms with Crippen LogP contribution < -0.4 is 10.8 Å². The number of nitrogens with zero attached hydrogens (tertiary/aromatic N) is 1. The minimum absolute atomic E-state index is 0.126. The number of halogens is 1. The van der Waals surface area contributed by atoms with E-state index in [4.69, 9.17) is 5.73 Å². The lowest BCUT2D eigenvalue weighted by atomic mass is 10.00. The number of anilines is 1. The molecule has 0 fully saturated rings. The van der Waals surface area contributed by atoms with E-state index in [1.54, 1.807) is 6.07 Å². The molecule has 4 heteroatoms. The molecule has 0 amide bonds. The number of benzene rings is 1. The smallest absolute Gasteiger partial charge is 0.123 e. The van der Waals surface area contributed by atoms with Crippen molar-refractivity contribution < 1.29 is 9.60 Å². The highest BCUT2D eigenvalue weighted by atomic mass is 19.1. The summed E-state index contributed by atoms with van der Waals surface area (Å²) < 4.78 is 12.8. The highest BCUT2D eigenvalue weighted by Gasteiger charge is 2.20. The van der Waals surface area contributed by atoms with Crippen LogP contribution in [0.3, 0.4) is 0 Å². The third-order valence-electron chi connectivity index (χ3n) is 2.21. The maximum atomic E-state index is 12.8. The van der Waals surface area contributed by atoms with E-state index in [0.29, 0.717) is 18.7 Å². The average Bonchev–Trinajstić information content (AvgIpc) is 2.02. The van der Waals surface area contributed by atoms with Gasteiger partial charge in [-0.25, -0.2) is 4.39 Å². The molecule has 0 aromatic heterocycles. The second kappa shape index (κ2) is 2.97. The molecule has 1 atom stereocenters. The summed E-state index contributed by atoms with van der Waals surface area (Å²) in [6.45, 7) is 0.401. The summed E-state index contributed by atoms with van der Waals surface area (Å²) in [7, 11) is 0. The van der Waals surface area contributed by atoms with E-state index in [1.165, 1.54) is 12.1 Å². The fourth-order valence-electron chi connectivity index (χ4n) is 1.64. The number of hydrogen-bond donors (Lipinski definition) is 2. The molecule has 0 radical (unpaired) electrons. The number of hydrogen-bond acceptors (Lipinski definition) is 3. The molecule has 1 heterocycles. The molecule has 0 spiro atoms. The van der Waals surface area contributed by atoms with Crippen LogP contribution in [0.25, 0.3) is 0 Å². The maximum absolute atomic E-state index is 12.8. The molecule has 3 N–H and O–H groups in total. The first-order valence-electron chi connectivity index (χ1n) is 4.17. The first-order chi connectivity index (χ1) is 6.16. The van der Waals surface area contributed by atoms with E-state index in [0.717, 1.165) is 10.6 Å². The molecule has 2 rings (SSSR count). The van der Waals surface area contributed by atoms with E-state index in [-0.39, 0.29) is 11.9 Å². The Balaban J connectivity index is 2.43. The Morgan fingerprint density at radius 3 is 3.08 bits per heavy atom. The van der Waals surface area contributed by atoms with Crippen molar-refractivity contribution in [2.24, 2.45) is 5.73 Å². The topological polar surface area (TPSA) is 49.5 Å². The van der Waals surface area contributed by atoms with Crippen LogP contribution in [-0.2, 0) is 6.42 Å². The van der Waals surface area contributed by atoms with Gasteiger partial charge in [0.1, 0.15) is 5.82 Å². The largest absolute Gasteiger partial charge is 0.326 e. The standard InChI is InChI=1S/C9H11FN2O/c10-7-1-2-9-6(3-7)4-8(11)5-12(9)13/h1-3,8,13H,4-5,11H2/t8-/m0/s1. The zero-order valence-electron chi connectivity index (χ0n) is 7.07. The lowest BCUT2D eigenvalue weighted by molar-refractivity contribution is 0.238. The SMILES string of the molecule is N[C@H]1Cc2cc(F)ccc2N(O)C1. The van der Waals surface area contributed by atoms with Crippen molar-refractivity contribution in [2.75, 3.05) is 11.6 Å². The molecule has 1 aromatic carbocycles. The van der Waals surface area contributed by atoms with Gasteiger partial charge in [0.25, 0.3) is 0 Å². The van der Waals surface area contributed by atoms with Gasteiger partial charge in [-0.05, 0) is 30.2 Å². The molecule has 13 heavy (non-hydrogen) atoms. The van der Waals surface area contributed by atoms with Gasteiger partial charge in [-0.3, -0.25) is 10.3 Å². The Bertz CT molecular complexity index is 329. The van der Waals surface area contributed by atoms with Crippen molar-refractivity contribution in [3.63, 3.8) is 0 Å². The molecule has 1 aliphatic rings. The van der Waals surface area contributed by atoms with Crippen molar-refractivity contribution >= 4 is 5.69 Å². The van der Waals surface area contributed by atoms with Crippen molar-refractivity contribution in [1.82, 2.24) is 0 Å². The summed E-state index contributed by atoms with van der Waals surface area (Å²) in [6.07, 6.45) is 0.615. The zero-order valence-corrected chi connectivity index (χ0v) is 7.07. The number of nitrogens with two attached hydrogens (primary N) is 1. The van der Waals surface area contributed by atoms with Gasteiger partial charge in [0, 0.05) is 6.04 Å². The lowest BCUT2D eigenvalue weighted by Gasteiger charge is -2.29. The van der Waals surface area contributed by atoms with Crippen LogP contribution >= 0.6 is 0 Å². The van der Waals surface area contributed by atoms with E-state index in [1.807, 2.05) is 0 Å². The van der Waals surface area contributed by atoms with Crippen LogP contribution in [0.2, 0.25) is 0 Å². The number of fused-ring (bicyclic) bond motifs is 1. The van der Waals surface area contributed by atoms with Gasteiger partial charge in [0.2, 0.25) is 0 Å². The summed E-state index contributed by atoms with van der Waals surface area (Å²) in [6, 6.07) is 4.19. The summed E-state index contributed by atoms with van der Waals surface area (Å²) in [5.41, 5.74) is 7.09. The van der Waals surface area contributed by atoms with Crippen LogP contribution in [0.1, 0.15) is 5.56 Å². The second-order valence-corrected chi connectivity index (χ2v) is 3.32. The summed E-state index contributed by atoms with van der Waals surface area (Å²) in [5.74, 6) is -0.291. The normalized spacial score (nSPS) is 21.5. The zero-order chi connectivity index (χ0) is 9.42. The quantitative estimate of drug-likeness (QED) is 0.626. The van der Waals surface area contributed by atoms with Crippen LogP contribution in [0.15, 0.2) is 18.2 Å². The average molecular weight is 182 g/mol. The van der Waals surface area contributed by atoms with Crippen molar-refractivity contribution in [2.45, 2.75) is 12.5 Å². The van der Waals surface area contributed by atoms with Gasteiger partial charge in [0.15, 0.2) is 0 Å². The molecule has 0 saturated heterocycles. The van der Waals surface area contributed by atoms with Gasteiger partial charge < -0.3 is 5.73 Å². The molecule has 1 aliphatic heterocycles. The monoisotopic (exact) mass is 182 g/mol. The molecule has 0 bridgehead atoms. The first-order valence-corrected chi connectivity index (χ1v) is 4.17. The van der Waals surface area contributed by atoms with E-state index >= 15 is 0 Å². The van der Waals surface area contributed by atoms with Gasteiger partial charge in [-0.1, -0.05) is 0 Å². The molecule has 0 unspecified atom stereocenters. The Kier molecular flexibility index (Phi) is 1.94. The van der Waals surface area contributed by atoms with E-state index in [9.17, 15) is 9.60 Å². The Morgan fingerprint density at radius 2 is 2.31 bits per heavy atom. The van der Waals surface area contributed by atoms with E-state index in [2.05, 4.69) is 0 Å². The van der Waals surface area contributed by atoms with Gasteiger partial charge in [-0.2, -0.15) is 0 Å². The highest BCUT2D eigenvalue weighted by Crippen LogP contribution is 2.25. The Labute approximate surface area is 75.5 Å². The summed E-state index contributed by atoms with van der Waals surface area (Å²) in [5, 5.41) is 10.5. The molecule has 70 valence electrons. The van der Waals surface area contributed by atoms with Crippen LogP contribution in [0.4, 0.5) is 10.1 Å². The fraction of sp³-hybridized carbons (Fsp3) is 0.333. The van der Waals surface area contributed by atoms with Gasteiger partial charge in [-0.15, -0.1) is 0 Å². The molecule has 1 aromatic rings. The number of hydroxylamine groups is 1. The maximum Gasteiger partial charge on any atom is 0.123 e. The first kappa shape index (κ1) is 8.47. The van der Waals surface area contributed by atoms with Crippen molar-refractivity contribution in [3.8, 4) is 0 Å². The van der Waals surface area contributed by atoms with Crippen molar-refractivity contribution in [3.05, 3.63) is 29.6 Å². The minimum atomic E-state index is -0.291. The van der Waals surface area contributed by atoms with Gasteiger partial charge in [0.05, 0.1) is 12.2 Å². The third kappa shape index (κ3) is 1.50. The number of rotatable bonds is 0. The molecular weight excluding hydrogens is 171 g/mol.